The van der Waals surface area contributed by atoms with Crippen molar-refractivity contribution in [1.82, 2.24) is 5.32 Å². The van der Waals surface area contributed by atoms with Crippen molar-refractivity contribution in [2.45, 2.75) is 57.4 Å². The van der Waals surface area contributed by atoms with Gasteiger partial charge in [-0.2, -0.15) is 0 Å². The molecule has 1 fully saturated rings. The molecule has 0 atom stereocenters. The molecule has 0 spiro atoms. The van der Waals surface area contributed by atoms with E-state index in [0.717, 1.165) is 25.7 Å². The van der Waals surface area contributed by atoms with Crippen molar-refractivity contribution in [1.29, 1.82) is 0 Å². The maximum absolute atomic E-state index is 11.5. The zero-order valence-electron chi connectivity index (χ0n) is 9.14. The first-order valence-corrected chi connectivity index (χ1v) is 5.67. The molecule has 0 aromatic rings. The van der Waals surface area contributed by atoms with Gasteiger partial charge in [-0.15, -0.1) is 0 Å². The number of hydrogen-bond donors (Lipinski definition) is 2. The molecule has 3 heteroatoms. The van der Waals surface area contributed by atoms with Crippen LogP contribution in [-0.4, -0.2) is 18.0 Å². The average Bonchev–Trinajstić information content (AvgIpc) is 2.52. The highest BCUT2D eigenvalue weighted by Crippen LogP contribution is 2.28. The first-order valence-electron chi connectivity index (χ1n) is 5.67. The minimum atomic E-state index is 0.0831. The number of unbranched alkanes of at least 4 members (excludes halogenated alkanes) is 1. The molecule has 1 rings (SSSR count). The summed E-state index contributed by atoms with van der Waals surface area (Å²) in [4.78, 5) is 11.5. The Hall–Kier alpha value is -0.570. The van der Waals surface area contributed by atoms with Crippen molar-refractivity contribution in [2.75, 3.05) is 6.54 Å². The number of carbonyl (C=O) groups is 1. The number of amides is 1. The highest BCUT2D eigenvalue weighted by Gasteiger charge is 2.29. The normalized spacial score (nSPS) is 19.6. The van der Waals surface area contributed by atoms with Gasteiger partial charge in [0, 0.05) is 12.0 Å². The van der Waals surface area contributed by atoms with E-state index < -0.39 is 0 Å². The summed E-state index contributed by atoms with van der Waals surface area (Å²) in [7, 11) is 0. The van der Waals surface area contributed by atoms with Gasteiger partial charge in [-0.1, -0.05) is 12.8 Å². The lowest BCUT2D eigenvalue weighted by atomic mass is 10.0. The van der Waals surface area contributed by atoms with Gasteiger partial charge in [0.25, 0.3) is 0 Å². The number of carbonyl (C=O) groups excluding carboxylic acids is 1. The van der Waals surface area contributed by atoms with Crippen molar-refractivity contribution in [3.8, 4) is 0 Å². The molecule has 1 aliphatic carbocycles. The molecule has 14 heavy (non-hydrogen) atoms. The van der Waals surface area contributed by atoms with Gasteiger partial charge in [0.15, 0.2) is 0 Å². The Balaban J connectivity index is 2.19. The molecule has 1 amide bonds. The summed E-state index contributed by atoms with van der Waals surface area (Å²) in [5.74, 6) is 0.197. The highest BCUT2D eigenvalue weighted by molar-refractivity contribution is 5.76. The predicted molar refractivity (Wildman–Crippen MR) is 57.9 cm³/mol. The number of rotatable bonds is 5. The standard InChI is InChI=1S/C11H22N2O/c1-11(7-3-4-8-11)13-10(14)6-2-5-9-12/h2-9,12H2,1H3,(H,13,14). The molecule has 3 nitrogen and oxygen atoms in total. The lowest BCUT2D eigenvalue weighted by Crippen LogP contribution is -2.43. The topological polar surface area (TPSA) is 55.1 Å². The fourth-order valence-electron chi connectivity index (χ4n) is 2.11. The number of hydrogen-bond acceptors (Lipinski definition) is 2. The maximum atomic E-state index is 11.5. The molecule has 1 saturated carbocycles. The predicted octanol–water partition coefficient (Wildman–Crippen LogP) is 1.56. The van der Waals surface area contributed by atoms with Crippen LogP contribution in [0.15, 0.2) is 0 Å². The molecule has 0 unspecified atom stereocenters. The SMILES string of the molecule is CC1(NC(=O)CCCCN)CCCC1. The van der Waals surface area contributed by atoms with Crippen molar-refractivity contribution in [3.63, 3.8) is 0 Å². The van der Waals surface area contributed by atoms with E-state index in [1.165, 1.54) is 12.8 Å². The smallest absolute Gasteiger partial charge is 0.220 e. The third kappa shape index (κ3) is 3.66. The molecule has 0 aromatic heterocycles. The summed E-state index contributed by atoms with van der Waals surface area (Å²) in [6.45, 7) is 2.84. The number of nitrogens with one attached hydrogen (secondary N) is 1. The van der Waals surface area contributed by atoms with Gasteiger partial charge in [0.1, 0.15) is 0 Å². The molecule has 0 aliphatic heterocycles. The van der Waals surface area contributed by atoms with E-state index in [1.807, 2.05) is 0 Å². The zero-order chi connectivity index (χ0) is 10.4. The van der Waals surface area contributed by atoms with Crippen LogP contribution in [0, 0.1) is 0 Å². The molecular weight excluding hydrogens is 176 g/mol. The van der Waals surface area contributed by atoms with Crippen LogP contribution in [0.3, 0.4) is 0 Å². The summed E-state index contributed by atoms with van der Waals surface area (Å²) in [6.07, 6.45) is 7.26. The molecule has 0 aromatic carbocycles. The van der Waals surface area contributed by atoms with Gasteiger partial charge >= 0.3 is 0 Å². The van der Waals surface area contributed by atoms with E-state index in [9.17, 15) is 4.79 Å². The lowest BCUT2D eigenvalue weighted by Gasteiger charge is -2.25. The van der Waals surface area contributed by atoms with Crippen molar-refractivity contribution < 1.29 is 4.79 Å². The minimum Gasteiger partial charge on any atom is -0.351 e. The molecule has 82 valence electrons. The van der Waals surface area contributed by atoms with Crippen molar-refractivity contribution >= 4 is 5.91 Å². The van der Waals surface area contributed by atoms with Crippen LogP contribution in [0.5, 0.6) is 0 Å². The lowest BCUT2D eigenvalue weighted by molar-refractivity contribution is -0.122. The highest BCUT2D eigenvalue weighted by atomic mass is 16.1. The Bertz CT molecular complexity index is 186. The molecule has 0 saturated heterocycles. The Labute approximate surface area is 86.4 Å². The summed E-state index contributed by atoms with van der Waals surface area (Å²) >= 11 is 0. The van der Waals surface area contributed by atoms with Crippen LogP contribution in [0.2, 0.25) is 0 Å². The molecule has 0 heterocycles. The molecule has 1 aliphatic rings. The Morgan fingerprint density at radius 3 is 2.57 bits per heavy atom. The maximum Gasteiger partial charge on any atom is 0.220 e. The summed E-state index contributed by atoms with van der Waals surface area (Å²) in [5.41, 5.74) is 5.46. The van der Waals surface area contributed by atoms with Crippen LogP contribution in [0.4, 0.5) is 0 Å². The van der Waals surface area contributed by atoms with Gasteiger partial charge in [-0.05, 0) is 39.2 Å². The quantitative estimate of drug-likeness (QED) is 0.659. The third-order valence-corrected chi connectivity index (χ3v) is 3.01. The Kier molecular flexibility index (Phi) is 4.39. The van der Waals surface area contributed by atoms with Gasteiger partial charge in [-0.3, -0.25) is 4.79 Å². The van der Waals surface area contributed by atoms with Crippen LogP contribution >= 0.6 is 0 Å². The first-order chi connectivity index (χ1) is 6.66. The Morgan fingerprint density at radius 2 is 2.00 bits per heavy atom. The van der Waals surface area contributed by atoms with Crippen LogP contribution < -0.4 is 11.1 Å². The van der Waals surface area contributed by atoms with Crippen LogP contribution in [-0.2, 0) is 4.79 Å². The second kappa shape index (κ2) is 5.35. The molecule has 0 radical (unpaired) electrons. The first kappa shape index (κ1) is 11.5. The van der Waals surface area contributed by atoms with Gasteiger partial charge in [0.2, 0.25) is 5.91 Å². The van der Waals surface area contributed by atoms with E-state index in [0.29, 0.717) is 13.0 Å². The van der Waals surface area contributed by atoms with E-state index >= 15 is 0 Å². The van der Waals surface area contributed by atoms with Gasteiger partial charge in [0.05, 0.1) is 0 Å². The summed E-state index contributed by atoms with van der Waals surface area (Å²) in [5, 5.41) is 3.13. The fourth-order valence-corrected chi connectivity index (χ4v) is 2.11. The minimum absolute atomic E-state index is 0.0831. The van der Waals surface area contributed by atoms with Crippen molar-refractivity contribution in [3.05, 3.63) is 0 Å². The van der Waals surface area contributed by atoms with Crippen LogP contribution in [0.1, 0.15) is 51.9 Å². The summed E-state index contributed by atoms with van der Waals surface area (Å²) < 4.78 is 0. The van der Waals surface area contributed by atoms with E-state index in [1.54, 1.807) is 0 Å². The van der Waals surface area contributed by atoms with E-state index in [4.69, 9.17) is 5.73 Å². The molecule has 0 bridgehead atoms. The average molecular weight is 198 g/mol. The number of nitrogens with two attached hydrogens (primary N) is 1. The second-order valence-electron chi connectivity index (χ2n) is 4.56. The molecule has 3 N–H and O–H groups in total. The monoisotopic (exact) mass is 198 g/mol. The summed E-state index contributed by atoms with van der Waals surface area (Å²) in [6, 6.07) is 0. The fraction of sp³-hybridized carbons (Fsp3) is 0.909. The van der Waals surface area contributed by atoms with E-state index in [2.05, 4.69) is 12.2 Å². The zero-order valence-corrected chi connectivity index (χ0v) is 9.14. The molecular formula is C11H22N2O. The van der Waals surface area contributed by atoms with Crippen molar-refractivity contribution in [2.24, 2.45) is 5.73 Å². The van der Waals surface area contributed by atoms with Crippen LogP contribution in [0.25, 0.3) is 0 Å². The largest absolute Gasteiger partial charge is 0.351 e. The van der Waals surface area contributed by atoms with E-state index in [-0.39, 0.29) is 11.4 Å². The van der Waals surface area contributed by atoms with Gasteiger partial charge in [-0.25, -0.2) is 0 Å². The third-order valence-electron chi connectivity index (χ3n) is 3.01. The second-order valence-corrected chi connectivity index (χ2v) is 4.56. The Morgan fingerprint density at radius 1 is 1.36 bits per heavy atom. The van der Waals surface area contributed by atoms with Gasteiger partial charge < -0.3 is 11.1 Å².